The van der Waals surface area contributed by atoms with Crippen LogP contribution in [0.5, 0.6) is 11.5 Å². The average Bonchev–Trinajstić information content (AvgIpc) is 2.94. The average molecular weight is 311 g/mol. The number of carbonyl (C=O) groups is 1. The van der Waals surface area contributed by atoms with E-state index in [9.17, 15) is 4.79 Å². The molecule has 3 rings (SSSR count). The van der Waals surface area contributed by atoms with Crippen LogP contribution in [0, 0.1) is 0 Å². The first-order valence-electron chi connectivity index (χ1n) is 5.97. The molecule has 7 heteroatoms. The summed E-state index contributed by atoms with van der Waals surface area (Å²) in [5.74, 6) is 1.34. The van der Waals surface area contributed by atoms with Gasteiger partial charge in [0.2, 0.25) is 0 Å². The number of nitrogens with zero attached hydrogens (tertiary/aromatic N) is 1. The molecule has 2 heterocycles. The first-order valence-corrected chi connectivity index (χ1v) is 7.39. The molecule has 0 radical (unpaired) electrons. The summed E-state index contributed by atoms with van der Waals surface area (Å²) in [6, 6.07) is 5.09. The van der Waals surface area contributed by atoms with E-state index in [4.69, 9.17) is 21.1 Å². The van der Waals surface area contributed by atoms with Gasteiger partial charge in [-0.1, -0.05) is 0 Å². The third-order valence-electron chi connectivity index (χ3n) is 2.71. The van der Waals surface area contributed by atoms with Crippen molar-refractivity contribution in [2.24, 2.45) is 0 Å². The number of carbonyl (C=O) groups excluding carboxylic acids is 1. The molecule has 0 saturated heterocycles. The minimum absolute atomic E-state index is 0.238. The number of hydrogen-bond donors (Lipinski definition) is 1. The van der Waals surface area contributed by atoms with Gasteiger partial charge < -0.3 is 9.47 Å². The molecule has 1 aromatic heterocycles. The molecular formula is C13H11ClN2O3S. The Labute approximate surface area is 124 Å². The van der Waals surface area contributed by atoms with Gasteiger partial charge in [0.25, 0.3) is 5.91 Å². The van der Waals surface area contributed by atoms with E-state index in [2.05, 4.69) is 10.3 Å². The summed E-state index contributed by atoms with van der Waals surface area (Å²) in [5.41, 5.74) is 1.24. The number of hydrogen-bond acceptors (Lipinski definition) is 5. The van der Waals surface area contributed by atoms with Crippen LogP contribution in [0.2, 0.25) is 0 Å². The Balaban J connectivity index is 1.76. The lowest BCUT2D eigenvalue weighted by atomic mass is 10.2. The first-order chi connectivity index (χ1) is 9.76. The van der Waals surface area contributed by atoms with Crippen LogP contribution in [0.3, 0.4) is 0 Å². The second kappa shape index (κ2) is 5.68. The number of halogens is 1. The largest absolute Gasteiger partial charge is 0.486 e. The van der Waals surface area contributed by atoms with Gasteiger partial charge in [-0.2, -0.15) is 0 Å². The molecule has 1 aromatic carbocycles. The third-order valence-corrected chi connectivity index (χ3v) is 3.79. The molecule has 1 aliphatic heterocycles. The molecule has 104 valence electrons. The van der Waals surface area contributed by atoms with E-state index in [1.165, 1.54) is 11.3 Å². The zero-order chi connectivity index (χ0) is 13.9. The topological polar surface area (TPSA) is 60.5 Å². The lowest BCUT2D eigenvalue weighted by Crippen LogP contribution is -2.17. The van der Waals surface area contributed by atoms with Crippen LogP contribution in [0.4, 0.5) is 5.13 Å². The standard InChI is InChI=1S/C13H11ClN2O3S/c14-6-9-7-20-13(15-9)16-12(17)8-1-2-10-11(5-8)19-4-3-18-10/h1-2,5,7H,3-4,6H2,(H,15,16,17). The van der Waals surface area contributed by atoms with E-state index in [0.29, 0.717) is 41.3 Å². The molecule has 0 bridgehead atoms. The van der Waals surface area contributed by atoms with Gasteiger partial charge in [-0.05, 0) is 18.2 Å². The highest BCUT2D eigenvalue weighted by Gasteiger charge is 2.15. The summed E-state index contributed by atoms with van der Waals surface area (Å²) in [6.45, 7) is 1.02. The normalized spacial score (nSPS) is 13.1. The van der Waals surface area contributed by atoms with Crippen LogP contribution in [-0.4, -0.2) is 24.1 Å². The molecule has 5 nitrogen and oxygen atoms in total. The maximum atomic E-state index is 12.1. The minimum Gasteiger partial charge on any atom is -0.486 e. The molecule has 20 heavy (non-hydrogen) atoms. The van der Waals surface area contributed by atoms with E-state index >= 15 is 0 Å². The highest BCUT2D eigenvalue weighted by molar-refractivity contribution is 7.14. The molecule has 2 aromatic rings. The second-order valence-corrected chi connectivity index (χ2v) is 5.22. The van der Waals surface area contributed by atoms with E-state index in [1.54, 1.807) is 18.2 Å². The second-order valence-electron chi connectivity index (χ2n) is 4.09. The fourth-order valence-electron chi connectivity index (χ4n) is 1.78. The smallest absolute Gasteiger partial charge is 0.257 e. The molecule has 1 N–H and O–H groups in total. The molecule has 0 atom stereocenters. The van der Waals surface area contributed by atoms with Gasteiger partial charge in [-0.15, -0.1) is 22.9 Å². The van der Waals surface area contributed by atoms with Crippen LogP contribution < -0.4 is 14.8 Å². The third kappa shape index (κ3) is 2.71. The molecule has 1 aliphatic rings. The summed E-state index contributed by atoms with van der Waals surface area (Å²) in [6.07, 6.45) is 0. The van der Waals surface area contributed by atoms with E-state index < -0.39 is 0 Å². The first kappa shape index (κ1) is 13.2. The lowest BCUT2D eigenvalue weighted by molar-refractivity contribution is 0.102. The monoisotopic (exact) mass is 310 g/mol. The molecule has 0 fully saturated rings. The van der Waals surface area contributed by atoms with Crippen LogP contribution in [0.1, 0.15) is 16.1 Å². The minimum atomic E-state index is -0.238. The van der Waals surface area contributed by atoms with Crippen molar-refractivity contribution in [3.63, 3.8) is 0 Å². The van der Waals surface area contributed by atoms with Crippen molar-refractivity contribution in [2.75, 3.05) is 18.5 Å². The number of amides is 1. The van der Waals surface area contributed by atoms with E-state index in [0.717, 1.165) is 5.69 Å². The van der Waals surface area contributed by atoms with Crippen molar-refractivity contribution >= 4 is 34.0 Å². The van der Waals surface area contributed by atoms with Gasteiger partial charge in [0.05, 0.1) is 11.6 Å². The van der Waals surface area contributed by atoms with Gasteiger partial charge in [0, 0.05) is 10.9 Å². The number of alkyl halides is 1. The number of benzene rings is 1. The van der Waals surface area contributed by atoms with Crippen LogP contribution in [-0.2, 0) is 5.88 Å². The predicted molar refractivity (Wildman–Crippen MR) is 77.1 cm³/mol. The van der Waals surface area contributed by atoms with Gasteiger partial charge in [-0.25, -0.2) is 4.98 Å². The van der Waals surface area contributed by atoms with Crippen LogP contribution in [0.25, 0.3) is 0 Å². The van der Waals surface area contributed by atoms with Crippen LogP contribution in [0.15, 0.2) is 23.6 Å². The number of aromatic nitrogens is 1. The fraction of sp³-hybridized carbons (Fsp3) is 0.231. The summed E-state index contributed by atoms with van der Waals surface area (Å²) in [7, 11) is 0. The van der Waals surface area contributed by atoms with E-state index in [-0.39, 0.29) is 5.91 Å². The van der Waals surface area contributed by atoms with Gasteiger partial charge >= 0.3 is 0 Å². The zero-order valence-electron chi connectivity index (χ0n) is 10.4. The Morgan fingerprint density at radius 1 is 1.35 bits per heavy atom. The highest BCUT2D eigenvalue weighted by atomic mass is 35.5. The van der Waals surface area contributed by atoms with Crippen LogP contribution >= 0.6 is 22.9 Å². The highest BCUT2D eigenvalue weighted by Crippen LogP contribution is 2.31. The Morgan fingerprint density at radius 3 is 2.90 bits per heavy atom. The zero-order valence-corrected chi connectivity index (χ0v) is 12.0. The molecule has 0 aliphatic carbocycles. The molecule has 0 spiro atoms. The van der Waals surface area contributed by atoms with Crippen molar-refractivity contribution < 1.29 is 14.3 Å². The van der Waals surface area contributed by atoms with Crippen molar-refractivity contribution in [1.29, 1.82) is 0 Å². The Hall–Kier alpha value is -1.79. The van der Waals surface area contributed by atoms with Gasteiger partial charge in [-0.3, -0.25) is 10.1 Å². The summed E-state index contributed by atoms with van der Waals surface area (Å²) < 4.78 is 10.9. The number of fused-ring (bicyclic) bond motifs is 1. The Morgan fingerprint density at radius 2 is 2.15 bits per heavy atom. The van der Waals surface area contributed by atoms with Crippen molar-refractivity contribution in [3.05, 3.63) is 34.8 Å². The van der Waals surface area contributed by atoms with Gasteiger partial charge in [0.15, 0.2) is 16.6 Å². The van der Waals surface area contributed by atoms with E-state index in [1.807, 2.05) is 5.38 Å². The number of nitrogens with one attached hydrogen (secondary N) is 1. The predicted octanol–water partition coefficient (Wildman–Crippen LogP) is 2.91. The maximum Gasteiger partial charge on any atom is 0.257 e. The Kier molecular flexibility index (Phi) is 3.75. The van der Waals surface area contributed by atoms with Crippen molar-refractivity contribution in [1.82, 2.24) is 4.98 Å². The fourth-order valence-corrected chi connectivity index (χ4v) is 2.71. The SMILES string of the molecule is O=C(Nc1nc(CCl)cs1)c1ccc2c(c1)OCCO2. The summed E-state index contributed by atoms with van der Waals surface area (Å²) >= 11 is 7.02. The summed E-state index contributed by atoms with van der Waals surface area (Å²) in [5, 5.41) is 5.07. The maximum absolute atomic E-state index is 12.1. The number of thiazole rings is 1. The molecule has 0 unspecified atom stereocenters. The molecular weight excluding hydrogens is 300 g/mol. The number of ether oxygens (including phenoxy) is 2. The summed E-state index contributed by atoms with van der Waals surface area (Å²) in [4.78, 5) is 16.3. The van der Waals surface area contributed by atoms with Crippen molar-refractivity contribution in [3.8, 4) is 11.5 Å². The van der Waals surface area contributed by atoms with Gasteiger partial charge in [0.1, 0.15) is 13.2 Å². The molecule has 1 amide bonds. The molecule has 0 saturated carbocycles. The quantitative estimate of drug-likeness (QED) is 0.886. The number of anilines is 1. The lowest BCUT2D eigenvalue weighted by Gasteiger charge is -2.18. The Bertz CT molecular complexity index is 644. The number of rotatable bonds is 3. The van der Waals surface area contributed by atoms with Crippen molar-refractivity contribution in [2.45, 2.75) is 5.88 Å².